The Morgan fingerprint density at radius 1 is 1.37 bits per heavy atom. The van der Waals surface area contributed by atoms with Crippen LogP contribution in [-0.4, -0.2) is 26.2 Å². The molecule has 1 aliphatic rings. The van der Waals surface area contributed by atoms with Crippen LogP contribution >= 0.6 is 0 Å². The van der Waals surface area contributed by atoms with Crippen LogP contribution in [0.1, 0.15) is 42.4 Å². The van der Waals surface area contributed by atoms with E-state index in [1.807, 2.05) is 13.0 Å². The molecule has 0 bridgehead atoms. The van der Waals surface area contributed by atoms with Gasteiger partial charge in [-0.25, -0.2) is 4.79 Å². The number of nitrogens with one attached hydrogen (secondary N) is 1. The van der Waals surface area contributed by atoms with Crippen LogP contribution in [0.4, 0.5) is 0 Å². The fraction of sp³-hybridized carbons (Fsp3) is 0.500. The Labute approximate surface area is 112 Å². The first-order valence-electron chi connectivity index (χ1n) is 6.34. The van der Waals surface area contributed by atoms with E-state index < -0.39 is 6.23 Å². The quantitative estimate of drug-likeness (QED) is 0.828. The van der Waals surface area contributed by atoms with Crippen molar-refractivity contribution >= 4 is 5.97 Å². The van der Waals surface area contributed by atoms with Crippen LogP contribution < -0.4 is 14.8 Å². The third-order valence-electron chi connectivity index (χ3n) is 3.34. The van der Waals surface area contributed by atoms with Crippen molar-refractivity contribution in [2.45, 2.75) is 32.5 Å². The summed E-state index contributed by atoms with van der Waals surface area (Å²) in [6.07, 6.45) is 0.536. The number of methoxy groups -OCH3 is 2. The number of benzene rings is 1. The van der Waals surface area contributed by atoms with E-state index in [9.17, 15) is 4.79 Å². The first-order chi connectivity index (χ1) is 9.12. The van der Waals surface area contributed by atoms with Gasteiger partial charge in [0.2, 0.25) is 0 Å². The van der Waals surface area contributed by atoms with Gasteiger partial charge in [-0.15, -0.1) is 0 Å². The fourth-order valence-corrected chi connectivity index (χ4v) is 2.10. The molecule has 0 amide bonds. The van der Waals surface area contributed by atoms with Crippen molar-refractivity contribution in [1.82, 2.24) is 5.32 Å². The number of esters is 1. The number of cyclic esters (lactones) is 1. The Hall–Kier alpha value is -1.75. The third-order valence-corrected chi connectivity index (χ3v) is 3.34. The minimum absolute atomic E-state index is 0.261. The Bertz CT molecular complexity index is 487. The van der Waals surface area contributed by atoms with Crippen molar-refractivity contribution in [3.8, 4) is 11.5 Å². The first kappa shape index (κ1) is 13.7. The molecule has 5 nitrogen and oxygen atoms in total. The van der Waals surface area contributed by atoms with E-state index in [0.717, 1.165) is 12.0 Å². The maximum absolute atomic E-state index is 12.0. The van der Waals surface area contributed by atoms with Crippen molar-refractivity contribution in [3.05, 3.63) is 23.3 Å². The molecule has 0 aliphatic carbocycles. The Morgan fingerprint density at radius 2 is 2.11 bits per heavy atom. The molecule has 0 radical (unpaired) electrons. The van der Waals surface area contributed by atoms with E-state index in [1.54, 1.807) is 13.2 Å². The molecule has 1 N–H and O–H groups in total. The average Bonchev–Trinajstić information content (AvgIpc) is 2.74. The highest BCUT2D eigenvalue weighted by molar-refractivity contribution is 5.98. The summed E-state index contributed by atoms with van der Waals surface area (Å²) in [5.74, 6) is 0.576. The lowest BCUT2D eigenvalue weighted by Crippen LogP contribution is -2.29. The topological polar surface area (TPSA) is 56.8 Å². The molecule has 0 aromatic heterocycles. The monoisotopic (exact) mass is 265 g/mol. The van der Waals surface area contributed by atoms with Crippen LogP contribution in [0.25, 0.3) is 0 Å². The molecule has 19 heavy (non-hydrogen) atoms. The van der Waals surface area contributed by atoms with Gasteiger partial charge in [0.1, 0.15) is 5.56 Å². The second kappa shape index (κ2) is 5.48. The molecule has 5 heteroatoms. The Morgan fingerprint density at radius 3 is 2.68 bits per heavy atom. The van der Waals surface area contributed by atoms with Gasteiger partial charge in [-0.2, -0.15) is 0 Å². The number of carbonyl (C=O) groups is 1. The van der Waals surface area contributed by atoms with Gasteiger partial charge < -0.3 is 14.2 Å². The summed E-state index contributed by atoms with van der Waals surface area (Å²) >= 11 is 0. The third kappa shape index (κ3) is 2.38. The molecule has 1 aromatic rings. The van der Waals surface area contributed by atoms with Gasteiger partial charge in [0, 0.05) is 11.6 Å². The van der Waals surface area contributed by atoms with E-state index in [0.29, 0.717) is 17.1 Å². The summed E-state index contributed by atoms with van der Waals surface area (Å²) in [5.41, 5.74) is 1.24. The second-order valence-electron chi connectivity index (χ2n) is 4.53. The zero-order chi connectivity index (χ0) is 14.0. The van der Waals surface area contributed by atoms with Gasteiger partial charge >= 0.3 is 5.97 Å². The summed E-state index contributed by atoms with van der Waals surface area (Å²) in [6.45, 7) is 4.12. The number of carbonyl (C=O) groups excluding carboxylic acids is 1. The smallest absolute Gasteiger partial charge is 0.344 e. The van der Waals surface area contributed by atoms with Gasteiger partial charge in [0.25, 0.3) is 0 Å². The van der Waals surface area contributed by atoms with E-state index in [1.165, 1.54) is 7.11 Å². The highest BCUT2D eigenvalue weighted by Crippen LogP contribution is 2.41. The number of ether oxygens (including phenoxy) is 3. The number of hydrogen-bond acceptors (Lipinski definition) is 5. The molecular weight excluding hydrogens is 246 g/mol. The van der Waals surface area contributed by atoms with E-state index in [4.69, 9.17) is 14.2 Å². The molecule has 0 spiro atoms. The largest absolute Gasteiger partial charge is 0.493 e. The normalized spacial score (nSPS) is 18.7. The van der Waals surface area contributed by atoms with Crippen molar-refractivity contribution in [2.75, 3.05) is 14.2 Å². The predicted octanol–water partition coefficient (Wildman–Crippen LogP) is 2.26. The maximum atomic E-state index is 12.0. The summed E-state index contributed by atoms with van der Waals surface area (Å²) < 4.78 is 15.8. The molecule has 0 fully saturated rings. The van der Waals surface area contributed by atoms with Gasteiger partial charge in [-0.3, -0.25) is 5.32 Å². The number of fused-ring (bicyclic) bond motifs is 1. The predicted molar refractivity (Wildman–Crippen MR) is 70.6 cm³/mol. The van der Waals surface area contributed by atoms with Crippen LogP contribution in [0.2, 0.25) is 0 Å². The first-order valence-corrected chi connectivity index (χ1v) is 6.34. The minimum atomic E-state index is -0.419. The Kier molecular flexibility index (Phi) is 3.95. The van der Waals surface area contributed by atoms with Crippen LogP contribution in [0.15, 0.2) is 12.1 Å². The summed E-state index contributed by atoms with van der Waals surface area (Å²) in [4.78, 5) is 12.0. The highest BCUT2D eigenvalue weighted by Gasteiger charge is 2.36. The van der Waals surface area contributed by atoms with Gasteiger partial charge in [0.05, 0.1) is 14.2 Å². The van der Waals surface area contributed by atoms with Gasteiger partial charge in [0.15, 0.2) is 17.7 Å². The molecule has 1 aliphatic heterocycles. The van der Waals surface area contributed by atoms with E-state index in [2.05, 4.69) is 12.2 Å². The molecule has 2 atom stereocenters. The fourth-order valence-electron chi connectivity index (χ4n) is 2.10. The second-order valence-corrected chi connectivity index (χ2v) is 4.53. The zero-order valence-electron chi connectivity index (χ0n) is 11.6. The van der Waals surface area contributed by atoms with Gasteiger partial charge in [-0.05, 0) is 25.5 Å². The van der Waals surface area contributed by atoms with Crippen molar-refractivity contribution in [2.24, 2.45) is 0 Å². The zero-order valence-corrected chi connectivity index (χ0v) is 11.6. The number of hydrogen-bond donors (Lipinski definition) is 1. The highest BCUT2D eigenvalue weighted by atomic mass is 16.6. The molecule has 0 saturated carbocycles. The molecule has 0 saturated heterocycles. The van der Waals surface area contributed by atoms with Crippen LogP contribution in [0.5, 0.6) is 11.5 Å². The van der Waals surface area contributed by atoms with Crippen LogP contribution in [0.3, 0.4) is 0 Å². The van der Waals surface area contributed by atoms with Crippen molar-refractivity contribution in [1.29, 1.82) is 0 Å². The molecule has 104 valence electrons. The Balaban J connectivity index is 2.40. The van der Waals surface area contributed by atoms with Crippen molar-refractivity contribution < 1.29 is 19.0 Å². The minimum Gasteiger partial charge on any atom is -0.493 e. The molecular formula is C14H19NO4. The lowest BCUT2D eigenvalue weighted by Gasteiger charge is -2.18. The van der Waals surface area contributed by atoms with E-state index >= 15 is 0 Å². The van der Waals surface area contributed by atoms with Crippen LogP contribution in [0, 0.1) is 0 Å². The summed E-state index contributed by atoms with van der Waals surface area (Å²) in [7, 11) is 3.06. The van der Waals surface area contributed by atoms with E-state index in [-0.39, 0.29) is 12.0 Å². The SMILES string of the molecule is CC[C@@H](C)N[C@@H]1OC(=O)c2c1ccc(OC)c2OC. The molecule has 1 aromatic carbocycles. The summed E-state index contributed by atoms with van der Waals surface area (Å²) in [5, 5.41) is 3.26. The van der Waals surface area contributed by atoms with Crippen LogP contribution in [-0.2, 0) is 4.74 Å². The molecule has 1 heterocycles. The molecule has 0 unspecified atom stereocenters. The average molecular weight is 265 g/mol. The maximum Gasteiger partial charge on any atom is 0.344 e. The lowest BCUT2D eigenvalue weighted by atomic mass is 10.1. The summed E-state index contributed by atoms with van der Waals surface area (Å²) in [6, 6.07) is 3.88. The number of rotatable bonds is 5. The van der Waals surface area contributed by atoms with Gasteiger partial charge in [-0.1, -0.05) is 6.92 Å². The lowest BCUT2D eigenvalue weighted by molar-refractivity contribution is 0.0280. The standard InChI is InChI=1S/C14H19NO4/c1-5-8(2)15-13-9-6-7-10(17-3)12(18-4)11(9)14(16)19-13/h6-8,13,15H,5H2,1-4H3/t8-,13-/m1/s1. The molecule has 2 rings (SSSR count). The van der Waals surface area contributed by atoms with Crippen molar-refractivity contribution in [3.63, 3.8) is 0 Å².